The summed E-state index contributed by atoms with van der Waals surface area (Å²) in [6, 6.07) is 17.9. The van der Waals surface area contributed by atoms with Crippen LogP contribution in [0.1, 0.15) is 11.7 Å². The Balaban J connectivity index is 1.85. The average molecular weight is 341 g/mol. The SMILES string of the molecule is Oc1ccc(Br)cc1C1Nc2cccc3cccc(c23)N1. The molecule has 0 aromatic heterocycles. The maximum absolute atomic E-state index is 10.1. The molecule has 1 aliphatic rings. The van der Waals surface area contributed by atoms with E-state index < -0.39 is 0 Å². The highest BCUT2D eigenvalue weighted by atomic mass is 79.9. The molecule has 4 heteroatoms. The predicted octanol–water partition coefficient (Wildman–Crippen LogP) is 4.84. The predicted molar refractivity (Wildman–Crippen MR) is 89.7 cm³/mol. The largest absolute Gasteiger partial charge is 0.508 e. The molecule has 3 aromatic carbocycles. The molecule has 1 heterocycles. The van der Waals surface area contributed by atoms with E-state index >= 15 is 0 Å². The Bertz CT molecular complexity index is 807. The number of halogens is 1. The third-order valence-corrected chi connectivity index (χ3v) is 4.30. The topological polar surface area (TPSA) is 44.3 Å². The molecule has 3 nitrogen and oxygen atoms in total. The van der Waals surface area contributed by atoms with Gasteiger partial charge in [0.2, 0.25) is 0 Å². The lowest BCUT2D eigenvalue weighted by atomic mass is 10.0. The normalized spacial score (nSPS) is 13.8. The molecule has 0 radical (unpaired) electrons. The Labute approximate surface area is 130 Å². The first kappa shape index (κ1) is 12.5. The van der Waals surface area contributed by atoms with Crippen molar-refractivity contribution in [2.45, 2.75) is 6.17 Å². The van der Waals surface area contributed by atoms with Crippen molar-refractivity contribution >= 4 is 38.1 Å². The fourth-order valence-electron chi connectivity index (χ4n) is 2.84. The minimum Gasteiger partial charge on any atom is -0.508 e. The monoisotopic (exact) mass is 340 g/mol. The first-order chi connectivity index (χ1) is 10.2. The van der Waals surface area contributed by atoms with Crippen LogP contribution in [0.5, 0.6) is 5.75 Å². The number of aromatic hydroxyl groups is 1. The first-order valence-corrected chi connectivity index (χ1v) is 7.55. The molecule has 0 aliphatic carbocycles. The summed E-state index contributed by atoms with van der Waals surface area (Å²) in [5, 5.41) is 19.4. The van der Waals surface area contributed by atoms with Crippen molar-refractivity contribution in [3.8, 4) is 5.75 Å². The zero-order valence-electron chi connectivity index (χ0n) is 11.1. The van der Waals surface area contributed by atoms with Gasteiger partial charge in [0.05, 0.1) is 0 Å². The molecular formula is C17H13BrN2O. The highest BCUT2D eigenvalue weighted by Gasteiger charge is 2.22. The minimum atomic E-state index is -0.164. The van der Waals surface area contributed by atoms with Crippen LogP contribution in [-0.2, 0) is 0 Å². The Morgan fingerprint density at radius 2 is 1.57 bits per heavy atom. The highest BCUT2D eigenvalue weighted by Crippen LogP contribution is 2.40. The van der Waals surface area contributed by atoms with Gasteiger partial charge in [-0.05, 0) is 35.7 Å². The number of benzene rings is 3. The Kier molecular flexibility index (Phi) is 2.79. The fraction of sp³-hybridized carbons (Fsp3) is 0.0588. The molecule has 0 spiro atoms. The van der Waals surface area contributed by atoms with E-state index in [1.165, 1.54) is 10.8 Å². The van der Waals surface area contributed by atoms with Crippen molar-refractivity contribution in [2.24, 2.45) is 0 Å². The standard InChI is InChI=1S/C17H13BrN2O/c18-11-7-8-15(21)12(9-11)17-19-13-5-1-3-10-4-2-6-14(20-17)16(10)13/h1-9,17,19-21H. The van der Waals surface area contributed by atoms with Gasteiger partial charge in [0.25, 0.3) is 0 Å². The number of hydrogen-bond donors (Lipinski definition) is 3. The van der Waals surface area contributed by atoms with E-state index in [0.29, 0.717) is 0 Å². The molecule has 0 unspecified atom stereocenters. The molecule has 0 bridgehead atoms. The second-order valence-corrected chi connectivity index (χ2v) is 6.05. The van der Waals surface area contributed by atoms with Gasteiger partial charge in [-0.1, -0.05) is 40.2 Å². The van der Waals surface area contributed by atoms with Crippen LogP contribution in [0, 0.1) is 0 Å². The Morgan fingerprint density at radius 3 is 2.24 bits per heavy atom. The summed E-state index contributed by atoms with van der Waals surface area (Å²) in [7, 11) is 0. The lowest BCUT2D eigenvalue weighted by Crippen LogP contribution is -2.23. The van der Waals surface area contributed by atoms with Crippen molar-refractivity contribution in [3.63, 3.8) is 0 Å². The third kappa shape index (κ3) is 2.03. The van der Waals surface area contributed by atoms with Crippen LogP contribution < -0.4 is 10.6 Å². The van der Waals surface area contributed by atoms with Crippen molar-refractivity contribution < 1.29 is 5.11 Å². The summed E-state index contributed by atoms with van der Waals surface area (Å²) in [6.07, 6.45) is -0.164. The summed E-state index contributed by atoms with van der Waals surface area (Å²) in [5.41, 5.74) is 2.97. The molecule has 0 atom stereocenters. The lowest BCUT2D eigenvalue weighted by Gasteiger charge is -2.30. The van der Waals surface area contributed by atoms with Gasteiger partial charge in [-0.2, -0.15) is 0 Å². The molecule has 104 valence electrons. The van der Waals surface area contributed by atoms with Crippen LogP contribution >= 0.6 is 15.9 Å². The van der Waals surface area contributed by atoms with Gasteiger partial charge in [0.15, 0.2) is 0 Å². The highest BCUT2D eigenvalue weighted by molar-refractivity contribution is 9.10. The summed E-state index contributed by atoms with van der Waals surface area (Å²) in [5.74, 6) is 0.273. The van der Waals surface area contributed by atoms with Crippen molar-refractivity contribution in [2.75, 3.05) is 10.6 Å². The summed E-state index contributed by atoms with van der Waals surface area (Å²) < 4.78 is 0.941. The van der Waals surface area contributed by atoms with Gasteiger partial charge < -0.3 is 15.7 Å². The van der Waals surface area contributed by atoms with Gasteiger partial charge in [-0.3, -0.25) is 0 Å². The Morgan fingerprint density at radius 1 is 0.905 bits per heavy atom. The molecule has 0 saturated heterocycles. The maximum atomic E-state index is 10.1. The molecular weight excluding hydrogens is 328 g/mol. The van der Waals surface area contributed by atoms with E-state index in [-0.39, 0.29) is 11.9 Å². The zero-order valence-corrected chi connectivity index (χ0v) is 12.7. The summed E-state index contributed by atoms with van der Waals surface area (Å²) >= 11 is 3.46. The third-order valence-electron chi connectivity index (χ3n) is 3.80. The van der Waals surface area contributed by atoms with Gasteiger partial charge in [0.1, 0.15) is 11.9 Å². The van der Waals surface area contributed by atoms with Gasteiger partial charge in [0, 0.05) is 26.8 Å². The van der Waals surface area contributed by atoms with E-state index in [1.54, 1.807) is 6.07 Å². The molecule has 0 amide bonds. The number of phenols is 1. The molecule has 3 aromatic rings. The number of anilines is 2. The molecule has 21 heavy (non-hydrogen) atoms. The minimum absolute atomic E-state index is 0.164. The van der Waals surface area contributed by atoms with Crippen LogP contribution in [0.25, 0.3) is 10.8 Å². The summed E-state index contributed by atoms with van der Waals surface area (Å²) in [6.45, 7) is 0. The van der Waals surface area contributed by atoms with Crippen LogP contribution in [0.2, 0.25) is 0 Å². The van der Waals surface area contributed by atoms with Crippen molar-refractivity contribution in [3.05, 3.63) is 64.6 Å². The van der Waals surface area contributed by atoms with Crippen LogP contribution in [-0.4, -0.2) is 5.11 Å². The first-order valence-electron chi connectivity index (χ1n) is 6.75. The second kappa shape index (κ2) is 4.67. The van der Waals surface area contributed by atoms with Gasteiger partial charge in [-0.15, -0.1) is 0 Å². The number of rotatable bonds is 1. The quantitative estimate of drug-likeness (QED) is 0.593. The van der Waals surface area contributed by atoms with E-state index in [2.05, 4.69) is 50.8 Å². The van der Waals surface area contributed by atoms with Gasteiger partial charge >= 0.3 is 0 Å². The van der Waals surface area contributed by atoms with E-state index in [9.17, 15) is 5.11 Å². The molecule has 0 fully saturated rings. The molecule has 3 N–H and O–H groups in total. The van der Waals surface area contributed by atoms with Crippen LogP contribution in [0.15, 0.2) is 59.1 Å². The molecule has 4 rings (SSSR count). The number of nitrogens with one attached hydrogen (secondary N) is 2. The molecule has 1 aliphatic heterocycles. The number of hydrogen-bond acceptors (Lipinski definition) is 3. The van der Waals surface area contributed by atoms with Crippen molar-refractivity contribution in [1.82, 2.24) is 0 Å². The van der Waals surface area contributed by atoms with Crippen LogP contribution in [0.4, 0.5) is 11.4 Å². The maximum Gasteiger partial charge on any atom is 0.127 e. The molecule has 0 saturated carbocycles. The van der Waals surface area contributed by atoms with E-state index in [4.69, 9.17) is 0 Å². The lowest BCUT2D eigenvalue weighted by molar-refractivity contribution is 0.465. The average Bonchev–Trinajstić information content (AvgIpc) is 2.50. The van der Waals surface area contributed by atoms with E-state index in [0.717, 1.165) is 21.4 Å². The van der Waals surface area contributed by atoms with Crippen LogP contribution in [0.3, 0.4) is 0 Å². The van der Waals surface area contributed by atoms with Gasteiger partial charge in [-0.25, -0.2) is 0 Å². The van der Waals surface area contributed by atoms with Crippen molar-refractivity contribution in [1.29, 1.82) is 0 Å². The summed E-state index contributed by atoms with van der Waals surface area (Å²) in [4.78, 5) is 0. The number of phenolic OH excluding ortho intramolecular Hbond substituents is 1. The second-order valence-electron chi connectivity index (χ2n) is 5.13. The fourth-order valence-corrected chi connectivity index (χ4v) is 3.22. The zero-order chi connectivity index (χ0) is 14.4. The Hall–Kier alpha value is -2.20. The smallest absolute Gasteiger partial charge is 0.127 e. The van der Waals surface area contributed by atoms with E-state index in [1.807, 2.05) is 24.3 Å².